The average Bonchev–Trinajstić information content (AvgIpc) is 2.96. The number of aromatic nitrogens is 2. The van der Waals surface area contributed by atoms with Gasteiger partial charge in [-0.05, 0) is 47.9 Å². The van der Waals surface area contributed by atoms with Crippen molar-refractivity contribution in [2.24, 2.45) is 0 Å². The number of hydrogen-bond donors (Lipinski definition) is 2. The number of aryl methyl sites for hydroxylation is 1. The van der Waals surface area contributed by atoms with Gasteiger partial charge in [0.25, 0.3) is 0 Å². The summed E-state index contributed by atoms with van der Waals surface area (Å²) in [7, 11) is 0. The number of H-pyrrole nitrogens is 1. The molecule has 0 saturated carbocycles. The number of benzene rings is 2. The second-order valence-corrected chi connectivity index (χ2v) is 6.51. The SMILES string of the molecule is Cc1cc(F)cc(C2Nc3ccccc3-c3ccnc4[nH]cc2c34)c1. The first kappa shape index (κ1) is 14.2. The molecule has 25 heavy (non-hydrogen) atoms. The van der Waals surface area contributed by atoms with Crippen LogP contribution in [0.15, 0.2) is 60.9 Å². The van der Waals surface area contributed by atoms with Crippen LogP contribution in [0.2, 0.25) is 0 Å². The van der Waals surface area contributed by atoms with E-state index >= 15 is 0 Å². The fraction of sp³-hybridized carbons (Fsp3) is 0.0952. The zero-order valence-electron chi connectivity index (χ0n) is 13.7. The highest BCUT2D eigenvalue weighted by molar-refractivity contribution is 6.01. The third kappa shape index (κ3) is 2.14. The van der Waals surface area contributed by atoms with Crippen LogP contribution in [0.1, 0.15) is 22.7 Å². The zero-order chi connectivity index (χ0) is 17.0. The van der Waals surface area contributed by atoms with E-state index < -0.39 is 0 Å². The molecule has 2 N–H and O–H groups in total. The number of para-hydroxylation sites is 1. The van der Waals surface area contributed by atoms with Crippen LogP contribution >= 0.6 is 0 Å². The van der Waals surface area contributed by atoms with E-state index in [0.717, 1.165) is 44.5 Å². The lowest BCUT2D eigenvalue weighted by Crippen LogP contribution is -2.12. The standard InChI is InChI=1S/C21H16FN3/c1-12-8-13(10-14(22)9-12)20-17-11-24-21-19(17)16(6-7-23-21)15-4-2-3-5-18(15)25-20/h2-11,20,25H,1H3,(H,23,24). The summed E-state index contributed by atoms with van der Waals surface area (Å²) in [4.78, 5) is 7.73. The Kier molecular flexibility index (Phi) is 2.95. The molecule has 3 nitrogen and oxygen atoms in total. The van der Waals surface area contributed by atoms with E-state index in [-0.39, 0.29) is 11.9 Å². The van der Waals surface area contributed by atoms with Crippen molar-refractivity contribution in [1.82, 2.24) is 9.97 Å². The van der Waals surface area contributed by atoms with Gasteiger partial charge in [-0.15, -0.1) is 0 Å². The van der Waals surface area contributed by atoms with Crippen molar-refractivity contribution in [3.63, 3.8) is 0 Å². The van der Waals surface area contributed by atoms with Crippen LogP contribution in [0.5, 0.6) is 0 Å². The van der Waals surface area contributed by atoms with E-state index in [1.807, 2.05) is 43.6 Å². The summed E-state index contributed by atoms with van der Waals surface area (Å²) in [6.45, 7) is 1.92. The molecule has 2 aromatic heterocycles. The largest absolute Gasteiger partial charge is 0.374 e. The minimum atomic E-state index is -0.215. The van der Waals surface area contributed by atoms with Crippen LogP contribution in [0.25, 0.3) is 22.2 Å². The van der Waals surface area contributed by atoms with Gasteiger partial charge >= 0.3 is 0 Å². The number of nitrogens with zero attached hydrogens (tertiary/aromatic N) is 1. The van der Waals surface area contributed by atoms with E-state index in [4.69, 9.17) is 0 Å². The Bertz CT molecular complexity index is 1090. The lowest BCUT2D eigenvalue weighted by Gasteiger charge is -2.20. The van der Waals surface area contributed by atoms with Crippen LogP contribution in [0.4, 0.5) is 10.1 Å². The van der Waals surface area contributed by atoms with Crippen molar-refractivity contribution in [3.05, 3.63) is 83.4 Å². The van der Waals surface area contributed by atoms with Crippen molar-refractivity contribution >= 4 is 16.7 Å². The highest BCUT2D eigenvalue weighted by Gasteiger charge is 2.26. The number of fused-ring (bicyclic) bond motifs is 2. The van der Waals surface area contributed by atoms with Crippen molar-refractivity contribution in [1.29, 1.82) is 0 Å². The molecular weight excluding hydrogens is 313 g/mol. The number of halogens is 1. The molecule has 4 heteroatoms. The van der Waals surface area contributed by atoms with Gasteiger partial charge in [0.1, 0.15) is 11.5 Å². The van der Waals surface area contributed by atoms with Crippen molar-refractivity contribution in [2.45, 2.75) is 13.0 Å². The summed E-state index contributed by atoms with van der Waals surface area (Å²) < 4.78 is 14.0. The fourth-order valence-electron chi connectivity index (χ4n) is 3.81. The Hall–Kier alpha value is -3.14. The highest BCUT2D eigenvalue weighted by atomic mass is 19.1. The molecule has 5 rings (SSSR count). The van der Waals surface area contributed by atoms with Crippen molar-refractivity contribution < 1.29 is 4.39 Å². The van der Waals surface area contributed by atoms with E-state index in [9.17, 15) is 4.39 Å². The molecule has 0 fully saturated rings. The number of anilines is 1. The number of pyridine rings is 1. The average molecular weight is 329 g/mol. The summed E-state index contributed by atoms with van der Waals surface area (Å²) >= 11 is 0. The molecule has 3 heterocycles. The first-order chi connectivity index (χ1) is 12.2. The van der Waals surface area contributed by atoms with Gasteiger partial charge in [-0.3, -0.25) is 0 Å². The van der Waals surface area contributed by atoms with E-state index in [1.54, 1.807) is 12.1 Å². The number of rotatable bonds is 1. The predicted octanol–water partition coefficient (Wildman–Crippen LogP) is 5.19. The van der Waals surface area contributed by atoms with Gasteiger partial charge in [0.2, 0.25) is 0 Å². The summed E-state index contributed by atoms with van der Waals surface area (Å²) in [6, 6.07) is 15.3. The molecule has 0 radical (unpaired) electrons. The molecule has 0 bridgehead atoms. The molecular formula is C21H16FN3. The molecule has 2 aromatic carbocycles. The van der Waals surface area contributed by atoms with Gasteiger partial charge in [-0.1, -0.05) is 24.3 Å². The third-order valence-corrected chi connectivity index (χ3v) is 4.83. The maximum absolute atomic E-state index is 14.0. The number of hydrogen-bond acceptors (Lipinski definition) is 2. The normalized spacial score (nSPS) is 15.5. The molecule has 1 aliphatic rings. The van der Waals surface area contributed by atoms with Crippen LogP contribution in [0.3, 0.4) is 0 Å². The number of nitrogens with one attached hydrogen (secondary N) is 2. The molecule has 1 aliphatic heterocycles. The van der Waals surface area contributed by atoms with Crippen LogP contribution < -0.4 is 5.32 Å². The monoisotopic (exact) mass is 329 g/mol. The summed E-state index contributed by atoms with van der Waals surface area (Å²) in [6.07, 6.45) is 3.80. The van der Waals surface area contributed by atoms with Crippen LogP contribution in [-0.2, 0) is 0 Å². The van der Waals surface area contributed by atoms with Gasteiger partial charge < -0.3 is 10.3 Å². The van der Waals surface area contributed by atoms with E-state index in [2.05, 4.69) is 27.4 Å². The van der Waals surface area contributed by atoms with Gasteiger partial charge in [0.15, 0.2) is 0 Å². The summed E-state index contributed by atoms with van der Waals surface area (Å²) in [5.74, 6) is -0.215. The second-order valence-electron chi connectivity index (χ2n) is 6.51. The lowest BCUT2D eigenvalue weighted by atomic mass is 9.96. The molecule has 0 saturated heterocycles. The third-order valence-electron chi connectivity index (χ3n) is 4.83. The summed E-state index contributed by atoms with van der Waals surface area (Å²) in [5.41, 5.74) is 7.06. The topological polar surface area (TPSA) is 40.7 Å². The maximum Gasteiger partial charge on any atom is 0.138 e. The van der Waals surface area contributed by atoms with Crippen molar-refractivity contribution in [3.8, 4) is 11.1 Å². The predicted molar refractivity (Wildman–Crippen MR) is 98.1 cm³/mol. The first-order valence-corrected chi connectivity index (χ1v) is 8.30. The Labute approximate surface area is 144 Å². The van der Waals surface area contributed by atoms with Gasteiger partial charge in [0, 0.05) is 34.6 Å². The number of aromatic amines is 1. The molecule has 0 spiro atoms. The lowest BCUT2D eigenvalue weighted by molar-refractivity contribution is 0.623. The fourth-order valence-corrected chi connectivity index (χ4v) is 3.81. The van der Waals surface area contributed by atoms with E-state index in [1.165, 1.54) is 0 Å². The Morgan fingerprint density at radius 2 is 1.92 bits per heavy atom. The minimum absolute atomic E-state index is 0.144. The molecule has 1 unspecified atom stereocenters. The highest BCUT2D eigenvalue weighted by Crippen LogP contribution is 2.43. The molecule has 122 valence electrons. The van der Waals surface area contributed by atoms with Gasteiger partial charge in [0.05, 0.1) is 6.04 Å². The second kappa shape index (κ2) is 5.18. The molecule has 0 aliphatic carbocycles. The molecule has 0 amide bonds. The smallest absolute Gasteiger partial charge is 0.138 e. The first-order valence-electron chi connectivity index (χ1n) is 8.30. The van der Waals surface area contributed by atoms with E-state index in [0.29, 0.717) is 0 Å². The zero-order valence-corrected chi connectivity index (χ0v) is 13.7. The van der Waals surface area contributed by atoms with Crippen molar-refractivity contribution in [2.75, 3.05) is 5.32 Å². The van der Waals surface area contributed by atoms with Crippen LogP contribution in [-0.4, -0.2) is 9.97 Å². The summed E-state index contributed by atoms with van der Waals surface area (Å²) in [5, 5.41) is 4.70. The molecule has 4 aromatic rings. The maximum atomic E-state index is 14.0. The minimum Gasteiger partial charge on any atom is -0.374 e. The Morgan fingerprint density at radius 3 is 2.80 bits per heavy atom. The quantitative estimate of drug-likeness (QED) is 0.504. The van der Waals surface area contributed by atoms with Gasteiger partial charge in [-0.25, -0.2) is 9.37 Å². The Balaban J connectivity index is 1.84. The molecule has 1 atom stereocenters. The van der Waals surface area contributed by atoms with Crippen LogP contribution in [0, 0.1) is 12.7 Å². The van der Waals surface area contributed by atoms with Gasteiger partial charge in [-0.2, -0.15) is 0 Å². The Morgan fingerprint density at radius 1 is 1.04 bits per heavy atom.